The molecule has 1 fully saturated rings. The number of likely N-dealkylation sites (tertiary alicyclic amines) is 1. The highest BCUT2D eigenvalue weighted by molar-refractivity contribution is 7.91. The number of sulfone groups is 1. The highest BCUT2D eigenvalue weighted by atomic mass is 35.5. The van der Waals surface area contributed by atoms with Crippen molar-refractivity contribution in [3.8, 4) is 0 Å². The number of piperidine rings is 1. The van der Waals surface area contributed by atoms with Gasteiger partial charge in [-0.25, -0.2) is 8.42 Å². The van der Waals surface area contributed by atoms with Gasteiger partial charge in [0.05, 0.1) is 10.6 Å². The van der Waals surface area contributed by atoms with Gasteiger partial charge in [0.2, 0.25) is 0 Å². The second-order valence-electron chi connectivity index (χ2n) is 11.4. The van der Waals surface area contributed by atoms with Gasteiger partial charge in [-0.15, -0.1) is 24.8 Å². The summed E-state index contributed by atoms with van der Waals surface area (Å²) in [5.74, 6) is 0.847. The minimum absolute atomic E-state index is 0. The molecule has 2 heterocycles. The zero-order valence-electron chi connectivity index (χ0n) is 23.9. The second-order valence-corrected chi connectivity index (χ2v) is 13.9. The molecule has 0 amide bonds. The van der Waals surface area contributed by atoms with E-state index in [9.17, 15) is 8.42 Å². The minimum atomic E-state index is -3.27. The fourth-order valence-corrected chi connectivity index (χ4v) is 7.68. The van der Waals surface area contributed by atoms with Gasteiger partial charge in [0, 0.05) is 31.2 Å². The van der Waals surface area contributed by atoms with Crippen molar-refractivity contribution in [1.29, 1.82) is 0 Å². The maximum absolute atomic E-state index is 13.2. The van der Waals surface area contributed by atoms with Crippen molar-refractivity contribution >= 4 is 46.3 Å². The van der Waals surface area contributed by atoms with Crippen LogP contribution < -0.4 is 0 Å². The van der Waals surface area contributed by atoms with Gasteiger partial charge in [0.1, 0.15) is 0 Å². The SMILES string of the molecule is Cc1ccccc1CN1CCc2ccc(S(=O)(=O)CCCC3CCN(Cc4ccccc4Cl)CC3)cc2CC1.Cl.Cl. The van der Waals surface area contributed by atoms with Crippen LogP contribution >= 0.6 is 36.4 Å². The number of hydrogen-bond donors (Lipinski definition) is 0. The largest absolute Gasteiger partial charge is 0.299 e. The van der Waals surface area contributed by atoms with Crippen molar-refractivity contribution in [1.82, 2.24) is 9.80 Å². The summed E-state index contributed by atoms with van der Waals surface area (Å²) < 4.78 is 26.5. The van der Waals surface area contributed by atoms with Gasteiger partial charge in [-0.2, -0.15) is 0 Å². The molecule has 3 aromatic rings. The molecule has 0 spiro atoms. The summed E-state index contributed by atoms with van der Waals surface area (Å²) in [5, 5.41) is 0.835. The summed E-state index contributed by atoms with van der Waals surface area (Å²) in [7, 11) is -3.27. The van der Waals surface area contributed by atoms with Gasteiger partial charge >= 0.3 is 0 Å². The summed E-state index contributed by atoms with van der Waals surface area (Å²) >= 11 is 6.34. The number of halogens is 3. The van der Waals surface area contributed by atoms with E-state index in [2.05, 4.69) is 53.1 Å². The molecule has 0 saturated carbocycles. The number of hydrogen-bond acceptors (Lipinski definition) is 4. The van der Waals surface area contributed by atoms with Crippen LogP contribution in [0.2, 0.25) is 5.02 Å². The third kappa shape index (κ3) is 9.19. The number of nitrogens with zero attached hydrogens (tertiary/aromatic N) is 2. The first-order valence-corrected chi connectivity index (χ1v) is 16.5. The van der Waals surface area contributed by atoms with Crippen LogP contribution in [0.3, 0.4) is 0 Å². The van der Waals surface area contributed by atoms with Crippen LogP contribution in [-0.2, 0) is 35.8 Å². The molecule has 0 aliphatic carbocycles. The molecule has 2 aliphatic rings. The average molecular weight is 638 g/mol. The molecule has 1 saturated heterocycles. The van der Waals surface area contributed by atoms with E-state index in [0.717, 1.165) is 82.8 Å². The van der Waals surface area contributed by atoms with Crippen molar-refractivity contribution in [2.75, 3.05) is 31.9 Å². The molecule has 0 unspecified atom stereocenters. The Hall–Kier alpha value is -1.60. The molecule has 0 N–H and O–H groups in total. The molecule has 2 aliphatic heterocycles. The van der Waals surface area contributed by atoms with Crippen LogP contribution in [0.4, 0.5) is 0 Å². The molecule has 4 nitrogen and oxygen atoms in total. The fraction of sp³-hybridized carbons (Fsp3) is 0.455. The van der Waals surface area contributed by atoms with Gasteiger partial charge in [0.15, 0.2) is 9.84 Å². The normalized spacial score (nSPS) is 16.7. The predicted octanol–water partition coefficient (Wildman–Crippen LogP) is 7.56. The molecular formula is C33H43Cl3N2O2S. The molecule has 3 aromatic carbocycles. The quantitative estimate of drug-likeness (QED) is 0.243. The van der Waals surface area contributed by atoms with E-state index in [1.54, 1.807) is 0 Å². The summed E-state index contributed by atoms with van der Waals surface area (Å²) in [5.41, 5.74) is 6.38. The zero-order chi connectivity index (χ0) is 27.2. The third-order valence-corrected chi connectivity index (χ3v) is 10.8. The molecule has 5 rings (SSSR count). The van der Waals surface area contributed by atoms with Crippen LogP contribution in [-0.4, -0.2) is 50.1 Å². The van der Waals surface area contributed by atoms with Crippen LogP contribution in [0.15, 0.2) is 71.6 Å². The lowest BCUT2D eigenvalue weighted by Crippen LogP contribution is -2.33. The Labute approximate surface area is 264 Å². The molecule has 41 heavy (non-hydrogen) atoms. The van der Waals surface area contributed by atoms with E-state index in [-0.39, 0.29) is 30.6 Å². The first kappa shape index (κ1) is 33.9. The van der Waals surface area contributed by atoms with E-state index >= 15 is 0 Å². The Kier molecular flexibility index (Phi) is 13.0. The molecule has 0 atom stereocenters. The zero-order valence-corrected chi connectivity index (χ0v) is 27.1. The number of aryl methyl sites for hydroxylation is 1. The lowest BCUT2D eigenvalue weighted by Gasteiger charge is -2.32. The highest BCUT2D eigenvalue weighted by Gasteiger charge is 2.23. The smallest absolute Gasteiger partial charge is 0.178 e. The van der Waals surface area contributed by atoms with Crippen LogP contribution in [0.25, 0.3) is 0 Å². The summed E-state index contributed by atoms with van der Waals surface area (Å²) in [6.45, 7) is 8.07. The second kappa shape index (κ2) is 15.7. The standard InChI is InChI=1S/C33H41ClN2O2S.2ClH/c1-26-7-2-3-9-30(26)24-36-20-16-28-12-13-32(23-29(28)17-21-36)39(37,38)22-6-8-27-14-18-35(19-15-27)25-31-10-4-5-11-33(31)34;;/h2-5,7,9-13,23,27H,6,8,14-22,24-25H2,1H3;2*1H. The van der Waals surface area contributed by atoms with Gasteiger partial charge < -0.3 is 0 Å². The Bertz CT molecular complexity index is 1370. The minimum Gasteiger partial charge on any atom is -0.299 e. The fourth-order valence-electron chi connectivity index (χ4n) is 6.11. The first-order chi connectivity index (χ1) is 18.9. The van der Waals surface area contributed by atoms with Crippen molar-refractivity contribution in [2.45, 2.75) is 63.4 Å². The number of benzene rings is 3. The lowest BCUT2D eigenvalue weighted by atomic mass is 9.92. The molecular weight excluding hydrogens is 595 g/mol. The van der Waals surface area contributed by atoms with Gasteiger partial charge in [-0.1, -0.05) is 60.1 Å². The highest BCUT2D eigenvalue weighted by Crippen LogP contribution is 2.27. The van der Waals surface area contributed by atoms with Crippen molar-refractivity contribution < 1.29 is 8.42 Å². The molecule has 224 valence electrons. The van der Waals surface area contributed by atoms with E-state index in [4.69, 9.17) is 11.6 Å². The predicted molar refractivity (Wildman–Crippen MR) is 176 cm³/mol. The Morgan fingerprint density at radius 3 is 2.10 bits per heavy atom. The monoisotopic (exact) mass is 636 g/mol. The topological polar surface area (TPSA) is 40.6 Å². The molecule has 0 bridgehead atoms. The van der Waals surface area contributed by atoms with Crippen LogP contribution in [0.5, 0.6) is 0 Å². The first-order valence-electron chi connectivity index (χ1n) is 14.4. The molecule has 8 heteroatoms. The average Bonchev–Trinajstić information content (AvgIpc) is 3.14. The van der Waals surface area contributed by atoms with Crippen molar-refractivity contribution in [2.24, 2.45) is 5.92 Å². The number of rotatable bonds is 9. The van der Waals surface area contributed by atoms with Crippen molar-refractivity contribution in [3.63, 3.8) is 0 Å². The maximum atomic E-state index is 13.2. The van der Waals surface area contributed by atoms with Gasteiger partial charge in [0.25, 0.3) is 0 Å². The van der Waals surface area contributed by atoms with E-state index in [1.807, 2.05) is 30.3 Å². The van der Waals surface area contributed by atoms with Gasteiger partial charge in [-0.05, 0) is 110 Å². The molecule has 0 radical (unpaired) electrons. The van der Waals surface area contributed by atoms with Crippen molar-refractivity contribution in [3.05, 3.63) is 99.6 Å². The van der Waals surface area contributed by atoms with Crippen LogP contribution in [0, 0.1) is 12.8 Å². The third-order valence-electron chi connectivity index (χ3n) is 8.67. The number of fused-ring (bicyclic) bond motifs is 1. The summed E-state index contributed by atoms with van der Waals surface area (Å²) in [6.07, 6.45) is 5.84. The van der Waals surface area contributed by atoms with E-state index in [0.29, 0.717) is 10.8 Å². The lowest BCUT2D eigenvalue weighted by molar-refractivity contribution is 0.172. The van der Waals surface area contributed by atoms with E-state index < -0.39 is 9.84 Å². The Morgan fingerprint density at radius 2 is 1.39 bits per heavy atom. The van der Waals surface area contributed by atoms with Crippen LogP contribution in [0.1, 0.15) is 53.5 Å². The maximum Gasteiger partial charge on any atom is 0.178 e. The van der Waals surface area contributed by atoms with Gasteiger partial charge in [-0.3, -0.25) is 9.80 Å². The Morgan fingerprint density at radius 1 is 0.780 bits per heavy atom. The van der Waals surface area contributed by atoms with E-state index in [1.165, 1.54) is 27.8 Å². The summed E-state index contributed by atoms with van der Waals surface area (Å²) in [4.78, 5) is 5.46. The summed E-state index contributed by atoms with van der Waals surface area (Å²) in [6, 6.07) is 22.5. The Balaban J connectivity index is 0.00000231. The molecule has 0 aromatic heterocycles.